The van der Waals surface area contributed by atoms with Gasteiger partial charge in [0.05, 0.1) is 4.92 Å². The first-order valence-electron chi connectivity index (χ1n) is 5.85. The van der Waals surface area contributed by atoms with Crippen molar-refractivity contribution in [3.63, 3.8) is 0 Å². The van der Waals surface area contributed by atoms with E-state index in [0.29, 0.717) is 22.9 Å². The predicted molar refractivity (Wildman–Crippen MR) is 71.9 cm³/mol. The SMILES string of the molecule is CN(CCOc1ccc(Br)cc1[N+](=O)[O-])C1CC1. The summed E-state index contributed by atoms with van der Waals surface area (Å²) in [6.07, 6.45) is 2.49. The second kappa shape index (κ2) is 5.67. The Balaban J connectivity index is 1.93. The summed E-state index contributed by atoms with van der Waals surface area (Å²) >= 11 is 3.22. The van der Waals surface area contributed by atoms with Crippen molar-refractivity contribution in [3.8, 4) is 5.75 Å². The van der Waals surface area contributed by atoms with E-state index in [1.807, 2.05) is 0 Å². The Morgan fingerprint density at radius 1 is 1.56 bits per heavy atom. The standard InChI is InChI=1S/C12H15BrN2O3/c1-14(10-3-4-10)6-7-18-12-5-2-9(13)8-11(12)15(16)17/h2,5,8,10H,3-4,6-7H2,1H3. The quantitative estimate of drug-likeness (QED) is 0.598. The fourth-order valence-corrected chi connectivity index (χ4v) is 2.10. The number of halogens is 1. The molecule has 0 N–H and O–H groups in total. The molecule has 1 aromatic rings. The molecule has 1 saturated carbocycles. The first kappa shape index (κ1) is 13.3. The zero-order valence-electron chi connectivity index (χ0n) is 10.1. The fourth-order valence-electron chi connectivity index (χ4n) is 1.75. The highest BCUT2D eigenvalue weighted by Crippen LogP contribution is 2.30. The number of ether oxygens (including phenoxy) is 1. The molecule has 2 rings (SSSR count). The Labute approximate surface area is 114 Å². The summed E-state index contributed by atoms with van der Waals surface area (Å²) in [5.74, 6) is 0.326. The van der Waals surface area contributed by atoms with Crippen LogP contribution in [0.5, 0.6) is 5.75 Å². The minimum atomic E-state index is -0.426. The summed E-state index contributed by atoms with van der Waals surface area (Å²) in [7, 11) is 2.05. The summed E-state index contributed by atoms with van der Waals surface area (Å²) in [4.78, 5) is 12.7. The van der Waals surface area contributed by atoms with Gasteiger partial charge in [-0.2, -0.15) is 0 Å². The molecule has 1 aliphatic rings. The third-order valence-electron chi connectivity index (χ3n) is 2.99. The van der Waals surface area contributed by atoms with E-state index in [9.17, 15) is 10.1 Å². The van der Waals surface area contributed by atoms with Crippen molar-refractivity contribution >= 4 is 21.6 Å². The lowest BCUT2D eigenvalue weighted by Gasteiger charge is -2.15. The molecule has 98 valence electrons. The molecule has 0 spiro atoms. The van der Waals surface area contributed by atoms with Gasteiger partial charge in [0.1, 0.15) is 6.61 Å². The minimum Gasteiger partial charge on any atom is -0.485 e. The molecular formula is C12H15BrN2O3. The van der Waals surface area contributed by atoms with Crippen LogP contribution in [0.3, 0.4) is 0 Å². The third-order valence-corrected chi connectivity index (χ3v) is 3.48. The first-order valence-corrected chi connectivity index (χ1v) is 6.64. The zero-order chi connectivity index (χ0) is 13.1. The molecule has 6 heteroatoms. The Bertz CT molecular complexity index is 449. The molecule has 0 atom stereocenters. The topological polar surface area (TPSA) is 55.6 Å². The van der Waals surface area contributed by atoms with Crippen molar-refractivity contribution in [2.75, 3.05) is 20.2 Å². The highest BCUT2D eigenvalue weighted by molar-refractivity contribution is 9.10. The lowest BCUT2D eigenvalue weighted by Crippen LogP contribution is -2.26. The number of hydrogen-bond acceptors (Lipinski definition) is 4. The molecule has 0 amide bonds. The second-order valence-electron chi connectivity index (χ2n) is 4.43. The van der Waals surface area contributed by atoms with Crippen LogP contribution < -0.4 is 4.74 Å². The van der Waals surface area contributed by atoms with Crippen LogP contribution in [0, 0.1) is 10.1 Å². The molecular weight excluding hydrogens is 300 g/mol. The van der Waals surface area contributed by atoms with E-state index < -0.39 is 4.92 Å². The maximum atomic E-state index is 10.9. The molecule has 0 aliphatic heterocycles. The van der Waals surface area contributed by atoms with Gasteiger partial charge in [-0.3, -0.25) is 10.1 Å². The summed E-state index contributed by atoms with van der Waals surface area (Å²) in [5, 5.41) is 10.9. The molecule has 0 unspecified atom stereocenters. The van der Waals surface area contributed by atoms with Crippen molar-refractivity contribution in [1.82, 2.24) is 4.90 Å². The summed E-state index contributed by atoms with van der Waals surface area (Å²) in [6.45, 7) is 1.26. The van der Waals surface area contributed by atoms with Crippen LogP contribution in [-0.4, -0.2) is 36.1 Å². The largest absolute Gasteiger partial charge is 0.485 e. The Hall–Kier alpha value is -1.14. The molecule has 1 fully saturated rings. The van der Waals surface area contributed by atoms with E-state index in [2.05, 4.69) is 27.9 Å². The van der Waals surface area contributed by atoms with E-state index in [-0.39, 0.29) is 5.69 Å². The zero-order valence-corrected chi connectivity index (χ0v) is 11.7. The molecule has 1 aromatic carbocycles. The highest BCUT2D eigenvalue weighted by Gasteiger charge is 2.25. The molecule has 0 aromatic heterocycles. The van der Waals surface area contributed by atoms with E-state index in [0.717, 1.165) is 6.54 Å². The maximum Gasteiger partial charge on any atom is 0.312 e. The number of hydrogen-bond donors (Lipinski definition) is 0. The van der Waals surface area contributed by atoms with E-state index >= 15 is 0 Å². The number of nitro benzene ring substituents is 1. The number of nitrogens with zero attached hydrogens (tertiary/aromatic N) is 2. The van der Waals surface area contributed by atoms with Crippen molar-refractivity contribution in [2.45, 2.75) is 18.9 Å². The van der Waals surface area contributed by atoms with Gasteiger partial charge in [-0.1, -0.05) is 15.9 Å². The molecule has 0 saturated heterocycles. The fraction of sp³-hybridized carbons (Fsp3) is 0.500. The van der Waals surface area contributed by atoms with Gasteiger partial charge in [-0.15, -0.1) is 0 Å². The lowest BCUT2D eigenvalue weighted by atomic mass is 10.3. The van der Waals surface area contributed by atoms with Crippen LogP contribution >= 0.6 is 15.9 Å². The Morgan fingerprint density at radius 2 is 2.28 bits per heavy atom. The van der Waals surface area contributed by atoms with E-state index in [4.69, 9.17) is 4.74 Å². The van der Waals surface area contributed by atoms with Gasteiger partial charge in [0.15, 0.2) is 5.75 Å². The van der Waals surface area contributed by atoms with Crippen LogP contribution in [0.4, 0.5) is 5.69 Å². The van der Waals surface area contributed by atoms with Gasteiger partial charge in [-0.25, -0.2) is 0 Å². The van der Waals surface area contributed by atoms with Crippen LogP contribution in [0.2, 0.25) is 0 Å². The van der Waals surface area contributed by atoms with Gasteiger partial charge in [-0.05, 0) is 32.0 Å². The Morgan fingerprint density at radius 3 is 2.89 bits per heavy atom. The van der Waals surface area contributed by atoms with Gasteiger partial charge in [0, 0.05) is 23.1 Å². The molecule has 0 bridgehead atoms. The number of rotatable bonds is 6. The van der Waals surface area contributed by atoms with E-state index in [1.165, 1.54) is 18.9 Å². The number of benzene rings is 1. The van der Waals surface area contributed by atoms with Crippen LogP contribution in [0.15, 0.2) is 22.7 Å². The van der Waals surface area contributed by atoms with E-state index in [1.54, 1.807) is 12.1 Å². The van der Waals surface area contributed by atoms with Crippen LogP contribution in [0.25, 0.3) is 0 Å². The van der Waals surface area contributed by atoms with Gasteiger partial charge < -0.3 is 9.64 Å². The van der Waals surface area contributed by atoms with Crippen molar-refractivity contribution in [3.05, 3.63) is 32.8 Å². The molecule has 18 heavy (non-hydrogen) atoms. The Kier molecular flexibility index (Phi) is 4.19. The number of likely N-dealkylation sites (N-methyl/N-ethyl adjacent to an activating group) is 1. The molecule has 5 nitrogen and oxygen atoms in total. The number of nitro groups is 1. The molecule has 0 radical (unpaired) electrons. The van der Waals surface area contributed by atoms with Crippen molar-refractivity contribution in [1.29, 1.82) is 0 Å². The monoisotopic (exact) mass is 314 g/mol. The van der Waals surface area contributed by atoms with Crippen LogP contribution in [-0.2, 0) is 0 Å². The molecule has 1 aliphatic carbocycles. The predicted octanol–water partition coefficient (Wildman–Crippen LogP) is 2.83. The van der Waals surface area contributed by atoms with Crippen LogP contribution in [0.1, 0.15) is 12.8 Å². The second-order valence-corrected chi connectivity index (χ2v) is 5.35. The summed E-state index contributed by atoms with van der Waals surface area (Å²) in [5.41, 5.74) is -0.00144. The lowest BCUT2D eigenvalue weighted by molar-refractivity contribution is -0.385. The smallest absolute Gasteiger partial charge is 0.312 e. The van der Waals surface area contributed by atoms with Gasteiger partial charge in [0.25, 0.3) is 0 Å². The summed E-state index contributed by atoms with van der Waals surface area (Å²) in [6, 6.07) is 5.50. The third kappa shape index (κ3) is 3.43. The highest BCUT2D eigenvalue weighted by atomic mass is 79.9. The molecule has 0 heterocycles. The van der Waals surface area contributed by atoms with Crippen molar-refractivity contribution < 1.29 is 9.66 Å². The normalized spacial score (nSPS) is 14.8. The van der Waals surface area contributed by atoms with Gasteiger partial charge >= 0.3 is 5.69 Å². The summed E-state index contributed by atoms with van der Waals surface area (Å²) < 4.78 is 6.18. The average molecular weight is 315 g/mol. The maximum absolute atomic E-state index is 10.9. The van der Waals surface area contributed by atoms with Gasteiger partial charge in [0.2, 0.25) is 0 Å². The minimum absolute atomic E-state index is 0.00144. The average Bonchev–Trinajstić information content (AvgIpc) is 3.14. The van der Waals surface area contributed by atoms with Crippen molar-refractivity contribution in [2.24, 2.45) is 0 Å². The first-order chi connectivity index (χ1) is 8.58.